The summed E-state index contributed by atoms with van der Waals surface area (Å²) in [7, 11) is 0. The molecule has 1 saturated heterocycles. The zero-order chi connectivity index (χ0) is 13.1. The van der Waals surface area contributed by atoms with Crippen LogP contribution in [0.5, 0.6) is 0 Å². The maximum atomic E-state index is 11.9. The van der Waals surface area contributed by atoms with Gasteiger partial charge in [-0.15, -0.1) is 0 Å². The molecule has 1 fully saturated rings. The van der Waals surface area contributed by atoms with Gasteiger partial charge >= 0.3 is 6.09 Å². The largest absolute Gasteiger partial charge is 0.444 e. The number of amides is 1. The van der Waals surface area contributed by atoms with E-state index in [1.54, 1.807) is 4.90 Å². The summed E-state index contributed by atoms with van der Waals surface area (Å²) in [5, 5.41) is 3.27. The number of hydrogen-bond acceptors (Lipinski definition) is 4. The second-order valence-corrected chi connectivity index (χ2v) is 5.62. The maximum absolute atomic E-state index is 11.9. The van der Waals surface area contributed by atoms with Crippen molar-refractivity contribution in [3.8, 4) is 0 Å². The Kier molecular flexibility index (Phi) is 4.77. The first-order valence-corrected chi connectivity index (χ1v) is 6.27. The molecule has 0 saturated carbocycles. The summed E-state index contributed by atoms with van der Waals surface area (Å²) in [5.41, 5.74) is 5.58. The van der Waals surface area contributed by atoms with Crippen molar-refractivity contribution in [1.82, 2.24) is 10.2 Å². The lowest BCUT2D eigenvalue weighted by Crippen LogP contribution is -2.37. The second kappa shape index (κ2) is 5.69. The molecule has 0 aromatic heterocycles. The van der Waals surface area contributed by atoms with Gasteiger partial charge in [-0.25, -0.2) is 4.79 Å². The molecule has 3 N–H and O–H groups in total. The van der Waals surface area contributed by atoms with Crippen molar-refractivity contribution in [2.45, 2.75) is 39.3 Å². The number of carbonyl (C=O) groups is 1. The number of nitrogens with one attached hydrogen (secondary N) is 1. The maximum Gasteiger partial charge on any atom is 0.410 e. The van der Waals surface area contributed by atoms with Gasteiger partial charge in [-0.1, -0.05) is 6.92 Å². The highest BCUT2D eigenvalue weighted by Crippen LogP contribution is 2.18. The lowest BCUT2D eigenvalue weighted by Gasteiger charge is -2.24. The Morgan fingerprint density at radius 2 is 2.12 bits per heavy atom. The van der Waals surface area contributed by atoms with Gasteiger partial charge in [-0.2, -0.15) is 0 Å². The molecule has 5 heteroatoms. The molecule has 17 heavy (non-hydrogen) atoms. The van der Waals surface area contributed by atoms with Gasteiger partial charge in [0.05, 0.1) is 0 Å². The molecule has 0 aromatic rings. The first-order valence-electron chi connectivity index (χ1n) is 6.27. The van der Waals surface area contributed by atoms with Crippen molar-refractivity contribution in [3.05, 3.63) is 0 Å². The Labute approximate surface area is 104 Å². The van der Waals surface area contributed by atoms with Gasteiger partial charge in [-0.3, -0.25) is 0 Å². The molecule has 2 atom stereocenters. The number of likely N-dealkylation sites (tertiary alicyclic amines) is 1. The van der Waals surface area contributed by atoms with Gasteiger partial charge in [0, 0.05) is 31.6 Å². The summed E-state index contributed by atoms with van der Waals surface area (Å²) in [4.78, 5) is 13.6. The summed E-state index contributed by atoms with van der Waals surface area (Å²) in [6.45, 7) is 10.7. The van der Waals surface area contributed by atoms with E-state index in [1.165, 1.54) is 0 Å². The van der Waals surface area contributed by atoms with Crippen molar-refractivity contribution < 1.29 is 9.53 Å². The van der Waals surface area contributed by atoms with Crippen molar-refractivity contribution in [2.75, 3.05) is 26.2 Å². The lowest BCUT2D eigenvalue weighted by atomic mass is 10.1. The normalized spacial score (nSPS) is 25.1. The molecule has 1 rings (SSSR count). The fourth-order valence-corrected chi connectivity index (χ4v) is 1.92. The third kappa shape index (κ3) is 4.52. The molecule has 1 aliphatic rings. The van der Waals surface area contributed by atoms with E-state index in [-0.39, 0.29) is 12.1 Å². The first-order chi connectivity index (χ1) is 7.83. The summed E-state index contributed by atoms with van der Waals surface area (Å²) in [6.07, 6.45) is -0.257. The third-order valence-corrected chi connectivity index (χ3v) is 2.80. The van der Waals surface area contributed by atoms with E-state index < -0.39 is 5.60 Å². The molecular formula is C12H25N3O2. The standard InChI is InChI=1S/C12H25N3O2/c1-5-14-6-9-7-15(8-10(9)13)11(16)17-12(2,3)4/h9-10,14H,5-8,13H2,1-4H3. The highest BCUT2D eigenvalue weighted by molar-refractivity contribution is 5.68. The van der Waals surface area contributed by atoms with Crippen molar-refractivity contribution in [3.63, 3.8) is 0 Å². The smallest absolute Gasteiger partial charge is 0.410 e. The Balaban J connectivity index is 2.45. The second-order valence-electron chi connectivity index (χ2n) is 5.62. The molecule has 0 spiro atoms. The van der Waals surface area contributed by atoms with Crippen molar-refractivity contribution in [2.24, 2.45) is 11.7 Å². The highest BCUT2D eigenvalue weighted by atomic mass is 16.6. The number of rotatable bonds is 3. The summed E-state index contributed by atoms with van der Waals surface area (Å²) < 4.78 is 5.33. The van der Waals surface area contributed by atoms with E-state index >= 15 is 0 Å². The number of ether oxygens (including phenoxy) is 1. The number of nitrogens with zero attached hydrogens (tertiary/aromatic N) is 1. The first kappa shape index (κ1) is 14.3. The topological polar surface area (TPSA) is 67.6 Å². The van der Waals surface area contributed by atoms with Gasteiger partial charge < -0.3 is 20.7 Å². The van der Waals surface area contributed by atoms with Gasteiger partial charge in [-0.05, 0) is 27.3 Å². The van der Waals surface area contributed by atoms with Crippen LogP contribution in [0.25, 0.3) is 0 Å². The van der Waals surface area contributed by atoms with E-state index in [0.717, 1.165) is 13.1 Å². The van der Waals surface area contributed by atoms with Crippen LogP contribution in [0.3, 0.4) is 0 Å². The van der Waals surface area contributed by atoms with Crippen molar-refractivity contribution in [1.29, 1.82) is 0 Å². The van der Waals surface area contributed by atoms with E-state index in [1.807, 2.05) is 20.8 Å². The number of nitrogens with two attached hydrogens (primary N) is 1. The zero-order valence-electron chi connectivity index (χ0n) is 11.3. The van der Waals surface area contributed by atoms with Crippen LogP contribution in [-0.4, -0.2) is 48.8 Å². The predicted octanol–water partition coefficient (Wildman–Crippen LogP) is 0.790. The Morgan fingerprint density at radius 1 is 1.47 bits per heavy atom. The van der Waals surface area contributed by atoms with Gasteiger partial charge in [0.15, 0.2) is 0 Å². The molecule has 1 amide bonds. The molecule has 0 aromatic carbocycles. The molecule has 0 aliphatic carbocycles. The molecule has 2 unspecified atom stereocenters. The average Bonchev–Trinajstić information content (AvgIpc) is 2.54. The zero-order valence-corrected chi connectivity index (χ0v) is 11.3. The minimum absolute atomic E-state index is 0.0431. The lowest BCUT2D eigenvalue weighted by molar-refractivity contribution is 0.0287. The molecule has 5 nitrogen and oxygen atoms in total. The van der Waals surface area contributed by atoms with Crippen LogP contribution < -0.4 is 11.1 Å². The SMILES string of the molecule is CCNCC1CN(C(=O)OC(C)(C)C)CC1N. The van der Waals surface area contributed by atoms with E-state index in [2.05, 4.69) is 12.2 Å². The van der Waals surface area contributed by atoms with Crippen LogP contribution in [0.2, 0.25) is 0 Å². The van der Waals surface area contributed by atoms with Crippen LogP contribution in [-0.2, 0) is 4.74 Å². The average molecular weight is 243 g/mol. The van der Waals surface area contributed by atoms with Crippen LogP contribution in [0.4, 0.5) is 4.79 Å². The molecular weight excluding hydrogens is 218 g/mol. The van der Waals surface area contributed by atoms with Crippen LogP contribution >= 0.6 is 0 Å². The van der Waals surface area contributed by atoms with Gasteiger partial charge in [0.1, 0.15) is 5.60 Å². The minimum atomic E-state index is -0.444. The van der Waals surface area contributed by atoms with Crippen LogP contribution in [0.1, 0.15) is 27.7 Å². The van der Waals surface area contributed by atoms with Gasteiger partial charge in [0.2, 0.25) is 0 Å². The monoisotopic (exact) mass is 243 g/mol. The fourth-order valence-electron chi connectivity index (χ4n) is 1.92. The van der Waals surface area contributed by atoms with E-state index in [0.29, 0.717) is 19.0 Å². The molecule has 1 aliphatic heterocycles. The highest BCUT2D eigenvalue weighted by Gasteiger charge is 2.34. The molecule has 0 bridgehead atoms. The van der Waals surface area contributed by atoms with E-state index in [9.17, 15) is 4.79 Å². The molecule has 100 valence electrons. The van der Waals surface area contributed by atoms with Crippen LogP contribution in [0, 0.1) is 5.92 Å². The quantitative estimate of drug-likeness (QED) is 0.769. The number of carbonyl (C=O) groups excluding carboxylic acids is 1. The predicted molar refractivity (Wildman–Crippen MR) is 67.8 cm³/mol. The molecule has 0 radical (unpaired) electrons. The Morgan fingerprint density at radius 3 is 2.65 bits per heavy atom. The summed E-state index contributed by atoms with van der Waals surface area (Å²) in [5.74, 6) is 0.322. The Hall–Kier alpha value is -0.810. The third-order valence-electron chi connectivity index (χ3n) is 2.80. The molecule has 1 heterocycles. The summed E-state index contributed by atoms with van der Waals surface area (Å²) in [6, 6.07) is 0.0431. The minimum Gasteiger partial charge on any atom is -0.444 e. The van der Waals surface area contributed by atoms with Gasteiger partial charge in [0.25, 0.3) is 0 Å². The van der Waals surface area contributed by atoms with E-state index in [4.69, 9.17) is 10.5 Å². The Bertz CT molecular complexity index is 263. The summed E-state index contributed by atoms with van der Waals surface area (Å²) >= 11 is 0. The van der Waals surface area contributed by atoms with Crippen LogP contribution in [0.15, 0.2) is 0 Å². The fraction of sp³-hybridized carbons (Fsp3) is 0.917. The van der Waals surface area contributed by atoms with Crippen molar-refractivity contribution >= 4 is 6.09 Å². The number of hydrogen-bond donors (Lipinski definition) is 2.